The van der Waals surface area contributed by atoms with Crippen LogP contribution in [0.25, 0.3) is 27.1 Å². The first-order valence-electron chi connectivity index (χ1n) is 7.54. The molecule has 2 N–H and O–H groups in total. The second-order valence-electron chi connectivity index (χ2n) is 5.53. The van der Waals surface area contributed by atoms with Crippen LogP contribution in [0.2, 0.25) is 5.02 Å². The number of nitrogens with zero attached hydrogens (tertiary/aromatic N) is 5. The van der Waals surface area contributed by atoms with Crippen LogP contribution >= 0.6 is 38.9 Å². The number of anilines is 2. The molecule has 26 heavy (non-hydrogen) atoms. The number of aromatic nitrogens is 6. The molecule has 0 radical (unpaired) electrons. The molecule has 0 bridgehead atoms. The average molecular weight is 447 g/mol. The summed E-state index contributed by atoms with van der Waals surface area (Å²) in [5, 5.41) is 21.5. The Morgan fingerprint density at radius 1 is 1.27 bits per heavy atom. The van der Waals surface area contributed by atoms with E-state index < -0.39 is 0 Å². The number of nitrogens with one attached hydrogen (secondary N) is 2. The van der Waals surface area contributed by atoms with Crippen LogP contribution in [0.5, 0.6) is 0 Å². The Balaban J connectivity index is 1.53. The lowest BCUT2D eigenvalue weighted by molar-refractivity contribution is 1.09. The van der Waals surface area contributed by atoms with Crippen molar-refractivity contribution >= 4 is 66.2 Å². The Labute approximate surface area is 164 Å². The molecule has 4 aromatic heterocycles. The van der Waals surface area contributed by atoms with E-state index in [-0.39, 0.29) is 0 Å². The molecule has 0 saturated carbocycles. The van der Waals surface area contributed by atoms with Crippen molar-refractivity contribution < 1.29 is 0 Å². The maximum Gasteiger partial charge on any atom is 0.210 e. The van der Waals surface area contributed by atoms with Gasteiger partial charge in [0.25, 0.3) is 0 Å². The monoisotopic (exact) mass is 445 g/mol. The molecule has 0 aliphatic heterocycles. The Morgan fingerprint density at radius 3 is 3.12 bits per heavy atom. The van der Waals surface area contributed by atoms with Crippen molar-refractivity contribution in [3.63, 3.8) is 0 Å². The molecule has 4 heterocycles. The van der Waals surface area contributed by atoms with Gasteiger partial charge in [0.2, 0.25) is 5.13 Å². The molecule has 0 amide bonds. The third kappa shape index (κ3) is 2.56. The Bertz CT molecular complexity index is 1260. The topological polar surface area (TPSA) is 83.8 Å². The Morgan fingerprint density at radius 2 is 2.19 bits per heavy atom. The van der Waals surface area contributed by atoms with E-state index in [4.69, 9.17) is 11.6 Å². The molecule has 0 fully saturated rings. The maximum absolute atomic E-state index is 6.46. The highest BCUT2D eigenvalue weighted by atomic mass is 79.9. The van der Waals surface area contributed by atoms with Gasteiger partial charge in [0.15, 0.2) is 5.01 Å². The average Bonchev–Trinajstić information content (AvgIpc) is 3.36. The van der Waals surface area contributed by atoms with Gasteiger partial charge in [-0.2, -0.15) is 5.10 Å². The summed E-state index contributed by atoms with van der Waals surface area (Å²) >= 11 is 11.4. The molecule has 0 spiro atoms. The second-order valence-corrected chi connectivity index (χ2v) is 7.80. The van der Waals surface area contributed by atoms with Gasteiger partial charge in [-0.25, -0.2) is 4.98 Å². The van der Waals surface area contributed by atoms with Crippen molar-refractivity contribution in [2.75, 3.05) is 5.32 Å². The molecule has 0 aliphatic rings. The minimum Gasteiger partial charge on any atom is -0.329 e. The number of pyridine rings is 1. The Kier molecular flexibility index (Phi) is 3.66. The third-order valence-electron chi connectivity index (χ3n) is 3.91. The number of hydrogen-bond donors (Lipinski definition) is 2. The number of halogens is 2. The van der Waals surface area contributed by atoms with E-state index in [0.717, 1.165) is 37.3 Å². The van der Waals surface area contributed by atoms with Gasteiger partial charge < -0.3 is 9.72 Å². The fourth-order valence-electron chi connectivity index (χ4n) is 2.73. The van der Waals surface area contributed by atoms with Crippen molar-refractivity contribution in [3.05, 3.63) is 52.5 Å². The first kappa shape index (κ1) is 15.7. The summed E-state index contributed by atoms with van der Waals surface area (Å²) in [5.74, 6) is 0. The first-order valence-corrected chi connectivity index (χ1v) is 9.52. The van der Waals surface area contributed by atoms with Gasteiger partial charge in [0.1, 0.15) is 5.65 Å². The lowest BCUT2D eigenvalue weighted by atomic mass is 10.2. The molecule has 0 saturated heterocycles. The standard InChI is InChI=1S/C16H9BrClN7S/c17-8-5-9(14-19-3-4-25(14)7-8)15-23-24-16(26-15)21-12-2-1-11-10(13(12)18)6-20-22-11/h1-7H,(H,20,22)(H,21,24). The van der Waals surface area contributed by atoms with Crippen molar-refractivity contribution in [3.8, 4) is 10.6 Å². The van der Waals surface area contributed by atoms with E-state index in [1.807, 2.05) is 35.0 Å². The second kappa shape index (κ2) is 6.04. The van der Waals surface area contributed by atoms with Gasteiger partial charge in [-0.15, -0.1) is 10.2 Å². The van der Waals surface area contributed by atoms with Crippen molar-refractivity contribution in [2.24, 2.45) is 0 Å². The van der Waals surface area contributed by atoms with E-state index in [2.05, 4.69) is 46.6 Å². The number of benzene rings is 1. The van der Waals surface area contributed by atoms with Crippen LogP contribution in [0.4, 0.5) is 10.8 Å². The molecule has 0 atom stereocenters. The summed E-state index contributed by atoms with van der Waals surface area (Å²) in [4.78, 5) is 4.40. The molecule has 0 unspecified atom stereocenters. The van der Waals surface area contributed by atoms with Crippen LogP contribution in [0.15, 0.2) is 47.5 Å². The minimum atomic E-state index is 0.589. The molecule has 5 rings (SSSR count). The van der Waals surface area contributed by atoms with Crippen LogP contribution in [0.1, 0.15) is 0 Å². The highest BCUT2D eigenvalue weighted by molar-refractivity contribution is 9.10. The fraction of sp³-hybridized carbons (Fsp3) is 0. The van der Waals surface area contributed by atoms with Gasteiger partial charge in [0, 0.05) is 28.4 Å². The molecular formula is C16H9BrClN7S. The van der Waals surface area contributed by atoms with E-state index in [0.29, 0.717) is 10.2 Å². The fourth-order valence-corrected chi connectivity index (χ4v) is 4.21. The lowest BCUT2D eigenvalue weighted by Gasteiger charge is -2.05. The van der Waals surface area contributed by atoms with Crippen molar-refractivity contribution in [1.82, 2.24) is 29.8 Å². The number of aromatic amines is 1. The lowest BCUT2D eigenvalue weighted by Crippen LogP contribution is -1.90. The number of hydrogen-bond acceptors (Lipinski definition) is 6. The summed E-state index contributed by atoms with van der Waals surface area (Å²) in [7, 11) is 0. The summed E-state index contributed by atoms with van der Waals surface area (Å²) in [6, 6.07) is 5.79. The van der Waals surface area contributed by atoms with E-state index in [9.17, 15) is 0 Å². The number of fused-ring (bicyclic) bond motifs is 2. The molecule has 7 nitrogen and oxygen atoms in total. The normalized spacial score (nSPS) is 11.5. The van der Waals surface area contributed by atoms with E-state index in [1.165, 1.54) is 11.3 Å². The van der Waals surface area contributed by atoms with Gasteiger partial charge in [-0.1, -0.05) is 22.9 Å². The zero-order valence-electron chi connectivity index (χ0n) is 12.9. The highest BCUT2D eigenvalue weighted by Crippen LogP contribution is 2.35. The van der Waals surface area contributed by atoms with Gasteiger partial charge in [-0.3, -0.25) is 5.10 Å². The predicted octanol–water partition coefficient (Wildman–Crippen LogP) is 4.89. The van der Waals surface area contributed by atoms with Gasteiger partial charge in [0.05, 0.1) is 28.0 Å². The summed E-state index contributed by atoms with van der Waals surface area (Å²) in [6.45, 7) is 0. The maximum atomic E-state index is 6.46. The molecule has 128 valence electrons. The first-order chi connectivity index (χ1) is 12.7. The van der Waals surface area contributed by atoms with Crippen LogP contribution in [0, 0.1) is 0 Å². The van der Waals surface area contributed by atoms with E-state index >= 15 is 0 Å². The third-order valence-corrected chi connectivity index (χ3v) is 5.62. The quantitative estimate of drug-likeness (QED) is 0.412. The minimum absolute atomic E-state index is 0.589. The number of H-pyrrole nitrogens is 1. The highest BCUT2D eigenvalue weighted by Gasteiger charge is 2.14. The Hall–Kier alpha value is -2.49. The molecule has 0 aliphatic carbocycles. The molecular weight excluding hydrogens is 438 g/mol. The number of imidazole rings is 1. The summed E-state index contributed by atoms with van der Waals surface area (Å²) in [6.07, 6.45) is 7.30. The zero-order valence-corrected chi connectivity index (χ0v) is 16.1. The van der Waals surface area contributed by atoms with Crippen LogP contribution in [-0.2, 0) is 0 Å². The molecule has 5 aromatic rings. The zero-order chi connectivity index (χ0) is 17.7. The largest absolute Gasteiger partial charge is 0.329 e. The summed E-state index contributed by atoms with van der Waals surface area (Å²) in [5.41, 5.74) is 3.37. The molecule has 1 aromatic carbocycles. The van der Waals surface area contributed by atoms with Crippen LogP contribution < -0.4 is 5.32 Å². The van der Waals surface area contributed by atoms with Crippen LogP contribution in [-0.4, -0.2) is 29.8 Å². The SMILES string of the molecule is Clc1c(Nc2nnc(-c3cc(Br)cn4ccnc34)s2)ccc2[nH]ncc12. The van der Waals surface area contributed by atoms with Crippen LogP contribution in [0.3, 0.4) is 0 Å². The van der Waals surface area contributed by atoms with Gasteiger partial charge in [-0.05, 0) is 34.1 Å². The van der Waals surface area contributed by atoms with Crippen molar-refractivity contribution in [2.45, 2.75) is 0 Å². The van der Waals surface area contributed by atoms with Gasteiger partial charge >= 0.3 is 0 Å². The van der Waals surface area contributed by atoms with E-state index in [1.54, 1.807) is 12.4 Å². The smallest absolute Gasteiger partial charge is 0.210 e. The summed E-state index contributed by atoms with van der Waals surface area (Å²) < 4.78 is 2.88. The van der Waals surface area contributed by atoms with Crippen molar-refractivity contribution in [1.29, 1.82) is 0 Å². The molecule has 10 heteroatoms. The number of rotatable bonds is 3. The predicted molar refractivity (Wildman–Crippen MR) is 106 cm³/mol.